The van der Waals surface area contributed by atoms with Gasteiger partial charge in [0.05, 0.1) is 11.8 Å². The number of aromatic nitrogens is 4. The Balaban J connectivity index is 2.11. The van der Waals surface area contributed by atoms with Crippen molar-refractivity contribution >= 4 is 5.95 Å². The van der Waals surface area contributed by atoms with Crippen molar-refractivity contribution in [2.24, 2.45) is 5.41 Å². The Morgan fingerprint density at radius 1 is 1.25 bits per heavy atom. The van der Waals surface area contributed by atoms with Gasteiger partial charge in [0, 0.05) is 6.54 Å². The van der Waals surface area contributed by atoms with Crippen molar-refractivity contribution in [2.75, 3.05) is 11.9 Å². The largest absolute Gasteiger partial charge is 0.391 e. The lowest BCUT2D eigenvalue weighted by molar-refractivity contribution is 0.0744. The quantitative estimate of drug-likeness (QED) is 0.889. The van der Waals surface area contributed by atoms with Gasteiger partial charge < -0.3 is 10.4 Å². The van der Waals surface area contributed by atoms with E-state index in [0.29, 0.717) is 12.5 Å². The third-order valence-corrected chi connectivity index (χ3v) is 3.20. The summed E-state index contributed by atoms with van der Waals surface area (Å²) in [6.07, 6.45) is -0.481. The molecule has 0 fully saturated rings. The SMILES string of the molecule is Cc1ccc(-n2nnnc2NCC(O)C(C)(C)C)cc1. The molecule has 20 heavy (non-hydrogen) atoms. The Labute approximate surface area is 118 Å². The minimum Gasteiger partial charge on any atom is -0.391 e. The summed E-state index contributed by atoms with van der Waals surface area (Å²) in [4.78, 5) is 0. The first-order valence-electron chi connectivity index (χ1n) is 6.65. The van der Waals surface area contributed by atoms with Crippen molar-refractivity contribution < 1.29 is 5.11 Å². The molecule has 0 bridgehead atoms. The van der Waals surface area contributed by atoms with Crippen LogP contribution < -0.4 is 5.32 Å². The molecule has 2 rings (SSSR count). The second-order valence-corrected chi connectivity index (χ2v) is 6.01. The highest BCUT2D eigenvalue weighted by molar-refractivity contribution is 5.39. The van der Waals surface area contributed by atoms with Crippen LogP contribution in [-0.4, -0.2) is 38.0 Å². The van der Waals surface area contributed by atoms with Crippen LogP contribution in [0.2, 0.25) is 0 Å². The fourth-order valence-corrected chi connectivity index (χ4v) is 1.65. The maximum atomic E-state index is 10.0. The van der Waals surface area contributed by atoms with E-state index in [4.69, 9.17) is 0 Å². The summed E-state index contributed by atoms with van der Waals surface area (Å²) < 4.78 is 1.62. The summed E-state index contributed by atoms with van der Waals surface area (Å²) in [5, 5.41) is 24.7. The normalized spacial score (nSPS) is 13.2. The van der Waals surface area contributed by atoms with Crippen LogP contribution >= 0.6 is 0 Å². The van der Waals surface area contributed by atoms with Gasteiger partial charge in [-0.25, -0.2) is 0 Å². The molecular weight excluding hydrogens is 254 g/mol. The molecule has 2 N–H and O–H groups in total. The van der Waals surface area contributed by atoms with E-state index in [0.717, 1.165) is 5.69 Å². The molecule has 1 aromatic carbocycles. The molecule has 108 valence electrons. The first-order valence-corrected chi connectivity index (χ1v) is 6.65. The molecule has 0 spiro atoms. The van der Waals surface area contributed by atoms with E-state index >= 15 is 0 Å². The van der Waals surface area contributed by atoms with Crippen LogP contribution in [0.1, 0.15) is 26.3 Å². The van der Waals surface area contributed by atoms with Crippen molar-refractivity contribution in [1.82, 2.24) is 20.2 Å². The van der Waals surface area contributed by atoms with Gasteiger partial charge >= 0.3 is 0 Å². The van der Waals surface area contributed by atoms with Gasteiger partial charge in [0.2, 0.25) is 5.95 Å². The van der Waals surface area contributed by atoms with Crippen molar-refractivity contribution in [1.29, 1.82) is 0 Å². The van der Waals surface area contributed by atoms with Crippen molar-refractivity contribution in [3.63, 3.8) is 0 Å². The maximum Gasteiger partial charge on any atom is 0.247 e. The number of tetrazole rings is 1. The number of aryl methyl sites for hydroxylation is 1. The molecule has 0 radical (unpaired) electrons. The Kier molecular flexibility index (Phi) is 4.04. The summed E-state index contributed by atoms with van der Waals surface area (Å²) in [6.45, 7) is 8.39. The molecule has 2 aromatic rings. The van der Waals surface area contributed by atoms with E-state index in [2.05, 4.69) is 20.8 Å². The molecule has 0 amide bonds. The summed E-state index contributed by atoms with van der Waals surface area (Å²) in [6, 6.07) is 7.92. The maximum absolute atomic E-state index is 10.0. The van der Waals surface area contributed by atoms with Gasteiger partial charge in [0.15, 0.2) is 0 Å². The molecule has 6 heteroatoms. The number of rotatable bonds is 4. The predicted molar refractivity (Wildman–Crippen MR) is 77.8 cm³/mol. The number of aliphatic hydroxyl groups excluding tert-OH is 1. The zero-order chi connectivity index (χ0) is 14.8. The molecule has 1 atom stereocenters. The first-order chi connectivity index (χ1) is 9.38. The number of benzene rings is 1. The average molecular weight is 275 g/mol. The number of hydrogen-bond acceptors (Lipinski definition) is 5. The van der Waals surface area contributed by atoms with Crippen LogP contribution in [0.25, 0.3) is 5.69 Å². The van der Waals surface area contributed by atoms with E-state index < -0.39 is 6.10 Å². The van der Waals surface area contributed by atoms with Crippen molar-refractivity contribution in [3.8, 4) is 5.69 Å². The van der Waals surface area contributed by atoms with Crippen LogP contribution in [0.3, 0.4) is 0 Å². The van der Waals surface area contributed by atoms with Crippen molar-refractivity contribution in [2.45, 2.75) is 33.8 Å². The van der Waals surface area contributed by atoms with Crippen LogP contribution in [0, 0.1) is 12.3 Å². The summed E-state index contributed by atoms with van der Waals surface area (Å²) >= 11 is 0. The van der Waals surface area contributed by atoms with E-state index in [1.165, 1.54) is 5.56 Å². The van der Waals surface area contributed by atoms with Gasteiger partial charge in [0.25, 0.3) is 0 Å². The van der Waals surface area contributed by atoms with E-state index in [1.807, 2.05) is 52.0 Å². The van der Waals surface area contributed by atoms with E-state index in [-0.39, 0.29) is 5.41 Å². The van der Waals surface area contributed by atoms with Gasteiger partial charge in [0.1, 0.15) is 0 Å². The minimum absolute atomic E-state index is 0.185. The highest BCUT2D eigenvalue weighted by atomic mass is 16.3. The second kappa shape index (κ2) is 5.58. The topological polar surface area (TPSA) is 75.9 Å². The van der Waals surface area contributed by atoms with Crippen molar-refractivity contribution in [3.05, 3.63) is 29.8 Å². The zero-order valence-corrected chi connectivity index (χ0v) is 12.3. The molecule has 1 heterocycles. The van der Waals surface area contributed by atoms with Crippen LogP contribution in [0.5, 0.6) is 0 Å². The molecule has 0 saturated carbocycles. The second-order valence-electron chi connectivity index (χ2n) is 6.01. The summed E-state index contributed by atoms with van der Waals surface area (Å²) in [5.41, 5.74) is 1.88. The third kappa shape index (κ3) is 3.33. The summed E-state index contributed by atoms with van der Waals surface area (Å²) in [5.74, 6) is 0.525. The highest BCUT2D eigenvalue weighted by Gasteiger charge is 2.22. The molecule has 6 nitrogen and oxygen atoms in total. The first kappa shape index (κ1) is 14.5. The van der Waals surface area contributed by atoms with Gasteiger partial charge in [-0.05, 0) is 34.9 Å². The number of nitrogens with zero attached hydrogens (tertiary/aromatic N) is 4. The van der Waals surface area contributed by atoms with E-state index in [9.17, 15) is 5.11 Å². The monoisotopic (exact) mass is 275 g/mol. The lowest BCUT2D eigenvalue weighted by atomic mass is 9.89. The predicted octanol–water partition coefficient (Wildman–Crippen LogP) is 1.79. The van der Waals surface area contributed by atoms with E-state index in [1.54, 1.807) is 4.68 Å². The molecule has 1 unspecified atom stereocenters. The smallest absolute Gasteiger partial charge is 0.247 e. The Morgan fingerprint density at radius 2 is 1.90 bits per heavy atom. The molecular formula is C14H21N5O. The van der Waals surface area contributed by atoms with Gasteiger partial charge in [-0.2, -0.15) is 4.68 Å². The lowest BCUT2D eigenvalue weighted by Crippen LogP contribution is -2.33. The minimum atomic E-state index is -0.481. The van der Waals surface area contributed by atoms with Crippen LogP contribution in [0.4, 0.5) is 5.95 Å². The van der Waals surface area contributed by atoms with Crippen LogP contribution in [0.15, 0.2) is 24.3 Å². The molecule has 0 aliphatic heterocycles. The fraction of sp³-hybridized carbons (Fsp3) is 0.500. The van der Waals surface area contributed by atoms with Gasteiger partial charge in [-0.1, -0.05) is 43.6 Å². The Morgan fingerprint density at radius 3 is 2.50 bits per heavy atom. The van der Waals surface area contributed by atoms with Gasteiger partial charge in [-0.3, -0.25) is 0 Å². The standard InChI is InChI=1S/C14H21N5O/c1-10-5-7-11(8-6-10)19-13(16-17-18-19)15-9-12(20)14(2,3)4/h5-8,12,20H,9H2,1-4H3,(H,15,16,18). The number of hydrogen-bond donors (Lipinski definition) is 2. The number of nitrogens with one attached hydrogen (secondary N) is 1. The Bertz CT molecular complexity index is 556. The third-order valence-electron chi connectivity index (χ3n) is 3.20. The summed E-state index contributed by atoms with van der Waals surface area (Å²) in [7, 11) is 0. The molecule has 0 aliphatic rings. The lowest BCUT2D eigenvalue weighted by Gasteiger charge is -2.25. The molecule has 1 aromatic heterocycles. The average Bonchev–Trinajstić information content (AvgIpc) is 2.84. The zero-order valence-electron chi connectivity index (χ0n) is 12.3. The highest BCUT2D eigenvalue weighted by Crippen LogP contribution is 2.19. The number of aliphatic hydroxyl groups is 1. The fourth-order valence-electron chi connectivity index (χ4n) is 1.65. The number of anilines is 1. The van der Waals surface area contributed by atoms with Crippen LogP contribution in [-0.2, 0) is 0 Å². The molecule has 0 saturated heterocycles. The van der Waals surface area contributed by atoms with Gasteiger partial charge in [-0.15, -0.1) is 0 Å². The Hall–Kier alpha value is -1.95. The molecule has 0 aliphatic carbocycles.